The monoisotopic (exact) mass is 306 g/mol. The molecule has 0 saturated carbocycles. The average molecular weight is 307 g/mol. The highest BCUT2D eigenvalue weighted by Gasteiger charge is 2.12. The van der Waals surface area contributed by atoms with Crippen LogP contribution in [0.25, 0.3) is 0 Å². The zero-order valence-corrected chi connectivity index (χ0v) is 11.2. The largest absolute Gasteiger partial charge is 0.507 e. The van der Waals surface area contributed by atoms with Gasteiger partial charge in [0.05, 0.1) is 15.7 Å². The number of hydrogen-bond donors (Lipinski definition) is 2. The van der Waals surface area contributed by atoms with E-state index in [2.05, 4.69) is 26.2 Å². The van der Waals surface area contributed by atoms with Gasteiger partial charge in [0.15, 0.2) is 0 Å². The van der Waals surface area contributed by atoms with Gasteiger partial charge in [-0.05, 0) is 41.1 Å². The average Bonchev–Trinajstić information content (AvgIpc) is 2.35. The van der Waals surface area contributed by atoms with Crippen molar-refractivity contribution in [3.05, 3.63) is 52.3 Å². The molecule has 2 rings (SSSR count). The van der Waals surface area contributed by atoms with E-state index in [4.69, 9.17) is 0 Å². The fourth-order valence-electron chi connectivity index (χ4n) is 1.50. The molecule has 1 amide bonds. The number of aromatic nitrogens is 1. The van der Waals surface area contributed by atoms with E-state index in [0.29, 0.717) is 10.2 Å². The Hall–Kier alpha value is -1.88. The van der Waals surface area contributed by atoms with Crippen molar-refractivity contribution < 1.29 is 9.90 Å². The number of benzene rings is 1. The van der Waals surface area contributed by atoms with Gasteiger partial charge in [-0.3, -0.25) is 9.78 Å². The number of carbonyl (C=O) groups is 1. The van der Waals surface area contributed by atoms with E-state index in [0.717, 1.165) is 5.56 Å². The van der Waals surface area contributed by atoms with Crippen LogP contribution < -0.4 is 5.32 Å². The molecule has 1 heterocycles. The molecule has 18 heavy (non-hydrogen) atoms. The molecule has 5 heteroatoms. The maximum Gasteiger partial charge on any atom is 0.259 e. The Morgan fingerprint density at radius 2 is 2.17 bits per heavy atom. The van der Waals surface area contributed by atoms with Crippen molar-refractivity contribution >= 4 is 27.5 Å². The molecule has 0 unspecified atom stereocenters. The van der Waals surface area contributed by atoms with Crippen molar-refractivity contribution in [2.24, 2.45) is 0 Å². The van der Waals surface area contributed by atoms with Crippen LogP contribution in [-0.4, -0.2) is 16.0 Å². The predicted octanol–water partition coefficient (Wildman–Crippen LogP) is 3.11. The van der Waals surface area contributed by atoms with Gasteiger partial charge >= 0.3 is 0 Å². The first-order valence-electron chi connectivity index (χ1n) is 5.28. The zero-order valence-electron chi connectivity index (χ0n) is 9.64. The third-order valence-corrected chi connectivity index (χ3v) is 3.05. The number of nitrogens with one attached hydrogen (secondary N) is 1. The minimum Gasteiger partial charge on any atom is -0.507 e. The molecule has 92 valence electrons. The molecule has 0 aliphatic carbocycles. The summed E-state index contributed by atoms with van der Waals surface area (Å²) in [6, 6.07) is 6.56. The van der Waals surface area contributed by atoms with E-state index in [1.807, 2.05) is 6.92 Å². The third-order valence-electron chi connectivity index (χ3n) is 2.42. The van der Waals surface area contributed by atoms with Gasteiger partial charge in [0.1, 0.15) is 5.75 Å². The number of carbonyl (C=O) groups excluding carboxylic acids is 1. The van der Waals surface area contributed by atoms with Crippen molar-refractivity contribution in [3.8, 4) is 5.75 Å². The minimum atomic E-state index is -0.358. The van der Waals surface area contributed by atoms with Crippen LogP contribution in [-0.2, 0) is 0 Å². The number of phenols is 1. The molecular weight excluding hydrogens is 296 g/mol. The summed E-state index contributed by atoms with van der Waals surface area (Å²) >= 11 is 3.29. The van der Waals surface area contributed by atoms with Crippen molar-refractivity contribution in [2.45, 2.75) is 6.92 Å². The second kappa shape index (κ2) is 5.18. The molecule has 1 aromatic heterocycles. The number of nitrogens with zero attached hydrogens (tertiary/aromatic N) is 1. The van der Waals surface area contributed by atoms with E-state index in [1.54, 1.807) is 30.6 Å². The lowest BCUT2D eigenvalue weighted by atomic mass is 10.1. The van der Waals surface area contributed by atoms with Crippen molar-refractivity contribution in [1.82, 2.24) is 4.98 Å². The number of halogens is 1. The maximum atomic E-state index is 12.0. The van der Waals surface area contributed by atoms with Crippen molar-refractivity contribution in [1.29, 1.82) is 0 Å². The molecule has 0 aliphatic rings. The van der Waals surface area contributed by atoms with Crippen LogP contribution >= 0.6 is 15.9 Å². The molecule has 0 bridgehead atoms. The first-order valence-corrected chi connectivity index (χ1v) is 6.07. The fraction of sp³-hybridized carbons (Fsp3) is 0.0769. The van der Waals surface area contributed by atoms with Gasteiger partial charge in [-0.25, -0.2) is 0 Å². The number of aromatic hydroxyl groups is 1. The summed E-state index contributed by atoms with van der Waals surface area (Å²) in [6.45, 7) is 1.86. The van der Waals surface area contributed by atoms with E-state index < -0.39 is 0 Å². The SMILES string of the molecule is Cc1ccc(O)c(C(=O)Nc2ccncc2Br)c1. The highest BCUT2D eigenvalue weighted by atomic mass is 79.9. The van der Waals surface area contributed by atoms with E-state index in [9.17, 15) is 9.90 Å². The number of pyridine rings is 1. The van der Waals surface area contributed by atoms with Crippen molar-refractivity contribution in [3.63, 3.8) is 0 Å². The molecule has 2 aromatic rings. The molecule has 0 spiro atoms. The van der Waals surface area contributed by atoms with Crippen LogP contribution in [0.15, 0.2) is 41.1 Å². The highest BCUT2D eigenvalue weighted by molar-refractivity contribution is 9.10. The number of amides is 1. The van der Waals surface area contributed by atoms with Gasteiger partial charge < -0.3 is 10.4 Å². The zero-order chi connectivity index (χ0) is 13.1. The molecule has 0 aliphatic heterocycles. The van der Waals surface area contributed by atoms with Crippen LogP contribution in [0.5, 0.6) is 5.75 Å². The van der Waals surface area contributed by atoms with Crippen LogP contribution in [0.1, 0.15) is 15.9 Å². The number of phenolic OH excluding ortho intramolecular Hbond substituents is 1. The summed E-state index contributed by atoms with van der Waals surface area (Å²) < 4.78 is 0.686. The molecule has 0 fully saturated rings. The summed E-state index contributed by atoms with van der Waals surface area (Å²) in [5.74, 6) is -0.397. The smallest absolute Gasteiger partial charge is 0.259 e. The van der Waals surface area contributed by atoms with Gasteiger partial charge in [0.25, 0.3) is 5.91 Å². The fourth-order valence-corrected chi connectivity index (χ4v) is 1.85. The van der Waals surface area contributed by atoms with Crippen LogP contribution in [0.3, 0.4) is 0 Å². The summed E-state index contributed by atoms with van der Waals surface area (Å²) in [7, 11) is 0. The quantitative estimate of drug-likeness (QED) is 0.896. The predicted molar refractivity (Wildman–Crippen MR) is 72.7 cm³/mol. The van der Waals surface area contributed by atoms with Gasteiger partial charge in [0, 0.05) is 12.4 Å². The molecule has 1 aromatic carbocycles. The summed E-state index contributed by atoms with van der Waals surface area (Å²) in [4.78, 5) is 15.9. The van der Waals surface area contributed by atoms with Gasteiger partial charge in [-0.1, -0.05) is 11.6 Å². The Morgan fingerprint density at radius 1 is 1.39 bits per heavy atom. The third kappa shape index (κ3) is 2.68. The number of anilines is 1. The molecule has 2 N–H and O–H groups in total. The van der Waals surface area contributed by atoms with E-state index >= 15 is 0 Å². The topological polar surface area (TPSA) is 62.2 Å². The van der Waals surface area contributed by atoms with E-state index in [-0.39, 0.29) is 17.2 Å². The number of rotatable bonds is 2. The number of aryl methyl sites for hydroxylation is 1. The summed E-state index contributed by atoms with van der Waals surface area (Å²) in [6.07, 6.45) is 3.17. The lowest BCUT2D eigenvalue weighted by Crippen LogP contribution is -2.12. The minimum absolute atomic E-state index is 0.0386. The van der Waals surface area contributed by atoms with Gasteiger partial charge in [-0.15, -0.1) is 0 Å². The number of hydrogen-bond acceptors (Lipinski definition) is 3. The van der Waals surface area contributed by atoms with Crippen LogP contribution in [0.2, 0.25) is 0 Å². The normalized spacial score (nSPS) is 10.1. The molecule has 0 radical (unpaired) electrons. The van der Waals surface area contributed by atoms with Gasteiger partial charge in [0.2, 0.25) is 0 Å². The van der Waals surface area contributed by atoms with Crippen LogP contribution in [0, 0.1) is 6.92 Å². The Balaban J connectivity index is 2.28. The first-order chi connectivity index (χ1) is 8.58. The highest BCUT2D eigenvalue weighted by Crippen LogP contribution is 2.23. The standard InChI is InChI=1S/C13H11BrN2O2/c1-8-2-3-12(17)9(6-8)13(18)16-11-4-5-15-7-10(11)14/h2-7,17H,1H3,(H,15,16,18). The summed E-state index contributed by atoms with van der Waals surface area (Å²) in [5, 5.41) is 12.4. The van der Waals surface area contributed by atoms with Gasteiger partial charge in [-0.2, -0.15) is 0 Å². The van der Waals surface area contributed by atoms with Crippen molar-refractivity contribution in [2.75, 3.05) is 5.32 Å². The Morgan fingerprint density at radius 3 is 2.89 bits per heavy atom. The molecular formula is C13H11BrN2O2. The molecule has 0 saturated heterocycles. The van der Waals surface area contributed by atoms with E-state index in [1.165, 1.54) is 6.07 Å². The lowest BCUT2D eigenvalue weighted by Gasteiger charge is -2.08. The van der Waals surface area contributed by atoms with Crippen LogP contribution in [0.4, 0.5) is 5.69 Å². The second-order valence-electron chi connectivity index (χ2n) is 3.83. The Kier molecular flexibility index (Phi) is 3.62. The molecule has 0 atom stereocenters. The summed E-state index contributed by atoms with van der Waals surface area (Å²) in [5.41, 5.74) is 1.77. The maximum absolute atomic E-state index is 12.0. The first kappa shape index (κ1) is 12.6. The Bertz CT molecular complexity index is 599. The second-order valence-corrected chi connectivity index (χ2v) is 4.68. The lowest BCUT2D eigenvalue weighted by molar-refractivity contribution is 0.102. The Labute approximate surface area is 113 Å². The molecule has 4 nitrogen and oxygen atoms in total.